The number of aromatic nitrogens is 3. The van der Waals surface area contributed by atoms with Crippen LogP contribution >= 0.6 is 11.3 Å². The number of thiophene rings is 1. The zero-order valence-corrected chi connectivity index (χ0v) is 14.0. The highest BCUT2D eigenvalue weighted by Crippen LogP contribution is 2.40. The highest BCUT2D eigenvalue weighted by molar-refractivity contribution is 7.12. The molecular weight excluding hydrogens is 322 g/mol. The largest absolute Gasteiger partial charge is 0.340 e. The summed E-state index contributed by atoms with van der Waals surface area (Å²) in [5.74, 6) is 0. The van der Waals surface area contributed by atoms with Crippen molar-refractivity contribution in [2.45, 2.75) is 13.8 Å². The number of aryl methyl sites for hydroxylation is 2. The molecular formula is C18H15N3O2S. The Kier molecular flexibility index (Phi) is 3.28. The fourth-order valence-electron chi connectivity index (χ4n) is 3.10. The zero-order chi connectivity index (χ0) is 16.8. The van der Waals surface area contributed by atoms with Gasteiger partial charge in [0.05, 0.1) is 11.1 Å². The van der Waals surface area contributed by atoms with Gasteiger partial charge in [0.15, 0.2) is 0 Å². The Morgan fingerprint density at radius 1 is 0.958 bits per heavy atom. The minimum absolute atomic E-state index is 0.384. The van der Waals surface area contributed by atoms with Gasteiger partial charge in [-0.15, -0.1) is 11.3 Å². The van der Waals surface area contributed by atoms with E-state index in [1.807, 2.05) is 44.2 Å². The Bertz CT molecular complexity index is 1160. The lowest BCUT2D eigenvalue weighted by Crippen LogP contribution is -2.21. The number of H-pyrrole nitrogens is 3. The minimum atomic E-state index is -0.516. The normalized spacial score (nSPS) is 11.2. The van der Waals surface area contributed by atoms with Crippen LogP contribution in [0.1, 0.15) is 9.75 Å². The summed E-state index contributed by atoms with van der Waals surface area (Å²) in [4.78, 5) is 34.7. The Hall–Kier alpha value is -2.86. The second kappa shape index (κ2) is 5.35. The van der Waals surface area contributed by atoms with E-state index in [0.717, 1.165) is 27.3 Å². The summed E-state index contributed by atoms with van der Waals surface area (Å²) >= 11 is 1.69. The van der Waals surface area contributed by atoms with E-state index in [-0.39, 0.29) is 5.56 Å². The van der Waals surface area contributed by atoms with Crippen LogP contribution in [-0.4, -0.2) is 15.0 Å². The second-order valence-electron chi connectivity index (χ2n) is 5.73. The summed E-state index contributed by atoms with van der Waals surface area (Å²) in [6.07, 6.45) is 0. The maximum Gasteiger partial charge on any atom is 0.327 e. The third kappa shape index (κ3) is 2.23. The molecule has 4 aromatic rings. The maximum atomic E-state index is 12.5. The van der Waals surface area contributed by atoms with E-state index < -0.39 is 5.69 Å². The van der Waals surface area contributed by atoms with Gasteiger partial charge in [-0.25, -0.2) is 4.79 Å². The van der Waals surface area contributed by atoms with E-state index in [2.05, 4.69) is 21.0 Å². The highest BCUT2D eigenvalue weighted by Gasteiger charge is 2.20. The summed E-state index contributed by atoms with van der Waals surface area (Å²) in [7, 11) is 0. The van der Waals surface area contributed by atoms with Gasteiger partial charge < -0.3 is 4.98 Å². The van der Waals surface area contributed by atoms with Gasteiger partial charge in [-0.05, 0) is 31.0 Å². The van der Waals surface area contributed by atoms with Gasteiger partial charge >= 0.3 is 5.69 Å². The number of aromatic amines is 3. The van der Waals surface area contributed by atoms with E-state index in [1.54, 1.807) is 11.3 Å². The molecule has 5 nitrogen and oxygen atoms in total. The number of hydrogen-bond donors (Lipinski definition) is 3. The Morgan fingerprint density at radius 3 is 2.38 bits per heavy atom. The quantitative estimate of drug-likeness (QED) is 0.523. The molecule has 120 valence electrons. The van der Waals surface area contributed by atoms with E-state index in [0.29, 0.717) is 11.0 Å². The van der Waals surface area contributed by atoms with Crippen molar-refractivity contribution in [1.29, 1.82) is 0 Å². The minimum Gasteiger partial charge on any atom is -0.340 e. The van der Waals surface area contributed by atoms with Gasteiger partial charge in [-0.2, -0.15) is 0 Å². The number of fused-ring (bicyclic) bond motifs is 1. The van der Waals surface area contributed by atoms with Crippen molar-refractivity contribution >= 4 is 22.4 Å². The summed E-state index contributed by atoms with van der Waals surface area (Å²) in [6.45, 7) is 4.09. The molecule has 0 atom stereocenters. The predicted molar refractivity (Wildman–Crippen MR) is 97.8 cm³/mol. The van der Waals surface area contributed by atoms with Crippen LogP contribution in [0, 0.1) is 13.8 Å². The Morgan fingerprint density at radius 2 is 1.71 bits per heavy atom. The summed E-state index contributed by atoms with van der Waals surface area (Å²) in [6, 6.07) is 11.9. The average molecular weight is 337 g/mol. The number of rotatable bonds is 2. The molecule has 0 aliphatic heterocycles. The van der Waals surface area contributed by atoms with Gasteiger partial charge in [0.1, 0.15) is 5.65 Å². The molecule has 0 amide bonds. The molecule has 3 aromatic heterocycles. The third-order valence-electron chi connectivity index (χ3n) is 4.07. The van der Waals surface area contributed by atoms with E-state index in [9.17, 15) is 9.59 Å². The molecule has 0 spiro atoms. The van der Waals surface area contributed by atoms with Gasteiger partial charge in [0.25, 0.3) is 5.56 Å². The standard InChI is InChI=1S/C18H15N3O2S/c1-9-8-12(10(2)24-9)13-14-16(20-18(23)21-17(14)22)19-15(13)11-6-4-3-5-7-11/h3-8H,1-2H3,(H3,19,20,21,22,23). The fraction of sp³-hybridized carbons (Fsp3) is 0.111. The van der Waals surface area contributed by atoms with Crippen molar-refractivity contribution in [2.75, 3.05) is 0 Å². The van der Waals surface area contributed by atoms with Crippen molar-refractivity contribution in [3.63, 3.8) is 0 Å². The molecule has 0 saturated carbocycles. The first-order valence-electron chi connectivity index (χ1n) is 7.55. The first-order valence-corrected chi connectivity index (χ1v) is 8.37. The van der Waals surface area contributed by atoms with Crippen LogP contribution in [0.2, 0.25) is 0 Å². The summed E-state index contributed by atoms with van der Waals surface area (Å²) in [5.41, 5.74) is 3.19. The predicted octanol–water partition coefficient (Wildman–Crippen LogP) is 3.56. The van der Waals surface area contributed by atoms with Crippen LogP contribution in [0.25, 0.3) is 33.4 Å². The highest BCUT2D eigenvalue weighted by atomic mass is 32.1. The molecule has 0 fully saturated rings. The molecule has 0 radical (unpaired) electrons. The lowest BCUT2D eigenvalue weighted by atomic mass is 10.00. The molecule has 3 heterocycles. The Balaban J connectivity index is 2.18. The van der Waals surface area contributed by atoms with E-state index in [1.165, 1.54) is 4.88 Å². The number of nitrogens with one attached hydrogen (secondary N) is 3. The average Bonchev–Trinajstić information content (AvgIpc) is 3.07. The first-order chi connectivity index (χ1) is 11.5. The number of hydrogen-bond acceptors (Lipinski definition) is 3. The van der Waals surface area contributed by atoms with Crippen molar-refractivity contribution in [3.8, 4) is 22.4 Å². The maximum absolute atomic E-state index is 12.5. The molecule has 0 bridgehead atoms. The summed E-state index contributed by atoms with van der Waals surface area (Å²) < 4.78 is 0. The molecule has 0 aliphatic rings. The molecule has 0 unspecified atom stereocenters. The molecule has 6 heteroatoms. The summed E-state index contributed by atoms with van der Waals surface area (Å²) in [5, 5.41) is 0.481. The topological polar surface area (TPSA) is 81.5 Å². The molecule has 0 aliphatic carbocycles. The van der Waals surface area contributed by atoms with Gasteiger partial charge in [-0.1, -0.05) is 30.3 Å². The van der Waals surface area contributed by atoms with Crippen LogP contribution in [0.3, 0.4) is 0 Å². The van der Waals surface area contributed by atoms with Gasteiger partial charge in [0.2, 0.25) is 0 Å². The van der Waals surface area contributed by atoms with Crippen molar-refractivity contribution in [3.05, 3.63) is 67.0 Å². The SMILES string of the molecule is Cc1cc(-c2c(-c3ccccc3)[nH]c3[nH]c(=O)[nH]c(=O)c23)c(C)s1. The van der Waals surface area contributed by atoms with Crippen LogP contribution in [-0.2, 0) is 0 Å². The Labute approximate surface area is 141 Å². The van der Waals surface area contributed by atoms with Crippen molar-refractivity contribution < 1.29 is 0 Å². The van der Waals surface area contributed by atoms with Crippen molar-refractivity contribution in [2.24, 2.45) is 0 Å². The first kappa shape index (κ1) is 14.7. The van der Waals surface area contributed by atoms with Crippen LogP contribution < -0.4 is 11.2 Å². The number of benzene rings is 1. The molecule has 3 N–H and O–H groups in total. The monoisotopic (exact) mass is 337 g/mol. The molecule has 4 rings (SSSR count). The van der Waals surface area contributed by atoms with Gasteiger partial charge in [-0.3, -0.25) is 14.8 Å². The van der Waals surface area contributed by atoms with E-state index >= 15 is 0 Å². The van der Waals surface area contributed by atoms with Crippen LogP contribution in [0.4, 0.5) is 0 Å². The van der Waals surface area contributed by atoms with Crippen LogP contribution in [0.5, 0.6) is 0 Å². The molecule has 0 saturated heterocycles. The van der Waals surface area contributed by atoms with Crippen molar-refractivity contribution in [1.82, 2.24) is 15.0 Å². The third-order valence-corrected chi connectivity index (χ3v) is 5.03. The smallest absolute Gasteiger partial charge is 0.327 e. The second-order valence-corrected chi connectivity index (χ2v) is 7.19. The zero-order valence-electron chi connectivity index (χ0n) is 13.2. The fourth-order valence-corrected chi connectivity index (χ4v) is 4.03. The lowest BCUT2D eigenvalue weighted by molar-refractivity contribution is 1.07. The van der Waals surface area contributed by atoms with E-state index in [4.69, 9.17) is 0 Å². The lowest BCUT2D eigenvalue weighted by Gasteiger charge is -2.04. The van der Waals surface area contributed by atoms with Gasteiger partial charge in [0, 0.05) is 15.3 Å². The molecule has 24 heavy (non-hydrogen) atoms. The van der Waals surface area contributed by atoms with Crippen LogP contribution in [0.15, 0.2) is 46.0 Å². The molecule has 1 aromatic carbocycles.